The second-order valence-corrected chi connectivity index (χ2v) is 6.73. The summed E-state index contributed by atoms with van der Waals surface area (Å²) in [5, 5.41) is 0. The van der Waals surface area contributed by atoms with Crippen molar-refractivity contribution in [2.75, 3.05) is 19.8 Å². The molecule has 3 aromatic carbocycles. The summed E-state index contributed by atoms with van der Waals surface area (Å²) in [6.45, 7) is 2.11. The number of para-hydroxylation sites is 2. The van der Waals surface area contributed by atoms with Gasteiger partial charge in [-0.2, -0.15) is 0 Å². The number of hydrogen-bond donors (Lipinski definition) is 0. The van der Waals surface area contributed by atoms with Crippen molar-refractivity contribution in [3.05, 3.63) is 95.6 Å². The van der Waals surface area contributed by atoms with E-state index >= 15 is 0 Å². The Hall–Kier alpha value is -2.78. The molecule has 0 bridgehead atoms. The Kier molecular flexibility index (Phi) is 5.70. The van der Waals surface area contributed by atoms with Crippen LogP contribution in [0.2, 0.25) is 0 Å². The average Bonchev–Trinajstić information content (AvgIpc) is 3.54. The van der Waals surface area contributed by atoms with Gasteiger partial charge in [0.2, 0.25) is 0 Å². The molecule has 1 aliphatic rings. The van der Waals surface area contributed by atoms with Crippen LogP contribution in [-0.2, 0) is 17.6 Å². The van der Waals surface area contributed by atoms with Crippen LogP contribution in [0, 0.1) is 0 Å². The molecule has 3 aromatic rings. The van der Waals surface area contributed by atoms with Gasteiger partial charge in [0.15, 0.2) is 0 Å². The van der Waals surface area contributed by atoms with E-state index in [9.17, 15) is 0 Å². The van der Waals surface area contributed by atoms with Gasteiger partial charge in [0.1, 0.15) is 24.2 Å². The summed E-state index contributed by atoms with van der Waals surface area (Å²) in [7, 11) is 0. The summed E-state index contributed by atoms with van der Waals surface area (Å²) in [6, 6.07) is 26.8. The lowest BCUT2D eigenvalue weighted by molar-refractivity contribution is 0.261. The minimum absolute atomic E-state index is 0.264. The molecule has 3 nitrogen and oxygen atoms in total. The first-order chi connectivity index (χ1) is 13.4. The summed E-state index contributed by atoms with van der Waals surface area (Å²) in [4.78, 5) is 0. The highest BCUT2D eigenvalue weighted by molar-refractivity contribution is 5.40. The highest BCUT2D eigenvalue weighted by Crippen LogP contribution is 2.24. The second-order valence-electron chi connectivity index (χ2n) is 6.73. The van der Waals surface area contributed by atoms with Gasteiger partial charge in [-0.3, -0.25) is 0 Å². The van der Waals surface area contributed by atoms with Gasteiger partial charge >= 0.3 is 0 Å². The van der Waals surface area contributed by atoms with E-state index in [0.29, 0.717) is 13.2 Å². The van der Waals surface area contributed by atoms with Crippen molar-refractivity contribution in [1.82, 2.24) is 0 Å². The van der Waals surface area contributed by atoms with Gasteiger partial charge in [0.05, 0.1) is 13.2 Å². The molecule has 1 aliphatic heterocycles. The van der Waals surface area contributed by atoms with Gasteiger partial charge in [-0.25, -0.2) is 0 Å². The quantitative estimate of drug-likeness (QED) is 0.519. The molecule has 0 radical (unpaired) electrons. The van der Waals surface area contributed by atoms with Gasteiger partial charge in [0, 0.05) is 12.8 Å². The molecular weight excluding hydrogens is 336 g/mol. The Morgan fingerprint density at radius 2 is 1.41 bits per heavy atom. The Labute approximate surface area is 160 Å². The van der Waals surface area contributed by atoms with E-state index < -0.39 is 0 Å². The summed E-state index contributed by atoms with van der Waals surface area (Å²) in [5.74, 6) is 1.86. The zero-order valence-electron chi connectivity index (χ0n) is 15.3. The number of epoxide rings is 1. The van der Waals surface area contributed by atoms with Crippen LogP contribution in [0.5, 0.6) is 11.5 Å². The lowest BCUT2D eigenvalue weighted by Gasteiger charge is -2.14. The molecule has 0 saturated carbocycles. The Balaban J connectivity index is 1.42. The predicted molar refractivity (Wildman–Crippen MR) is 107 cm³/mol. The molecule has 1 heterocycles. The van der Waals surface area contributed by atoms with Gasteiger partial charge < -0.3 is 14.2 Å². The summed E-state index contributed by atoms with van der Waals surface area (Å²) in [6.07, 6.45) is 1.99. The van der Waals surface area contributed by atoms with E-state index in [4.69, 9.17) is 14.2 Å². The van der Waals surface area contributed by atoms with Gasteiger partial charge in [-0.15, -0.1) is 0 Å². The van der Waals surface area contributed by atoms with E-state index in [2.05, 4.69) is 36.4 Å². The number of ether oxygens (including phenoxy) is 3. The van der Waals surface area contributed by atoms with Crippen molar-refractivity contribution in [1.29, 1.82) is 0 Å². The summed E-state index contributed by atoms with van der Waals surface area (Å²) < 4.78 is 17.1. The maximum Gasteiger partial charge on any atom is 0.122 e. The first kappa shape index (κ1) is 17.6. The molecule has 27 heavy (non-hydrogen) atoms. The maximum atomic E-state index is 5.96. The molecule has 138 valence electrons. The van der Waals surface area contributed by atoms with Crippen LogP contribution in [0.25, 0.3) is 0 Å². The topological polar surface area (TPSA) is 31.0 Å². The highest BCUT2D eigenvalue weighted by Gasteiger charge is 2.23. The van der Waals surface area contributed by atoms with Crippen molar-refractivity contribution in [2.24, 2.45) is 0 Å². The molecule has 1 atom stereocenters. The Morgan fingerprint density at radius 1 is 0.741 bits per heavy atom. The summed E-state index contributed by atoms with van der Waals surface area (Å²) >= 11 is 0. The lowest BCUT2D eigenvalue weighted by atomic mass is 9.97. The van der Waals surface area contributed by atoms with Crippen LogP contribution in [0.15, 0.2) is 78.9 Å². The average molecular weight is 360 g/mol. The van der Waals surface area contributed by atoms with E-state index in [1.165, 1.54) is 16.7 Å². The van der Waals surface area contributed by atoms with Crippen molar-refractivity contribution < 1.29 is 14.2 Å². The molecule has 1 saturated heterocycles. The monoisotopic (exact) mass is 360 g/mol. The van der Waals surface area contributed by atoms with Crippen molar-refractivity contribution in [3.8, 4) is 11.5 Å². The standard InChI is InChI=1S/C24H24O3/c1-2-11-22(12-3-1)25-15-14-19-8-4-5-9-20(19)16-21-10-6-7-13-24(21)27-18-23-17-26-23/h1-13,23H,14-18H2. The molecule has 0 aromatic heterocycles. The fourth-order valence-electron chi connectivity index (χ4n) is 3.11. The molecule has 1 unspecified atom stereocenters. The van der Waals surface area contributed by atoms with Crippen LogP contribution >= 0.6 is 0 Å². The summed E-state index contributed by atoms with van der Waals surface area (Å²) in [5.41, 5.74) is 3.83. The van der Waals surface area contributed by atoms with Crippen molar-refractivity contribution in [3.63, 3.8) is 0 Å². The lowest BCUT2D eigenvalue weighted by Crippen LogP contribution is -2.07. The zero-order valence-corrected chi connectivity index (χ0v) is 15.3. The molecule has 0 N–H and O–H groups in total. The third kappa shape index (κ3) is 5.11. The minimum Gasteiger partial charge on any atom is -0.493 e. The van der Waals surface area contributed by atoms with E-state index in [1.54, 1.807) is 0 Å². The van der Waals surface area contributed by atoms with Crippen LogP contribution < -0.4 is 9.47 Å². The first-order valence-corrected chi connectivity index (χ1v) is 9.45. The number of benzene rings is 3. The van der Waals surface area contributed by atoms with E-state index in [-0.39, 0.29) is 6.10 Å². The minimum atomic E-state index is 0.264. The molecule has 0 aliphatic carbocycles. The Bertz CT molecular complexity index is 856. The van der Waals surface area contributed by atoms with Crippen molar-refractivity contribution >= 4 is 0 Å². The van der Waals surface area contributed by atoms with Crippen molar-refractivity contribution in [2.45, 2.75) is 18.9 Å². The second kappa shape index (κ2) is 8.74. The fourth-order valence-corrected chi connectivity index (χ4v) is 3.11. The van der Waals surface area contributed by atoms with Gasteiger partial charge in [-0.1, -0.05) is 60.7 Å². The molecule has 0 amide bonds. The van der Waals surface area contributed by atoms with Crippen LogP contribution in [-0.4, -0.2) is 25.9 Å². The predicted octanol–water partition coefficient (Wildman–Crippen LogP) is 4.68. The van der Waals surface area contributed by atoms with Gasteiger partial charge in [-0.05, 0) is 34.9 Å². The smallest absolute Gasteiger partial charge is 0.122 e. The Morgan fingerprint density at radius 3 is 2.19 bits per heavy atom. The largest absolute Gasteiger partial charge is 0.493 e. The highest BCUT2D eigenvalue weighted by atomic mass is 16.6. The molecule has 3 heteroatoms. The molecule has 1 fully saturated rings. The molecular formula is C24H24O3. The zero-order chi connectivity index (χ0) is 18.3. The maximum absolute atomic E-state index is 5.96. The third-order valence-corrected chi connectivity index (χ3v) is 4.68. The molecule has 0 spiro atoms. The van der Waals surface area contributed by atoms with Crippen LogP contribution in [0.1, 0.15) is 16.7 Å². The van der Waals surface area contributed by atoms with E-state index in [1.807, 2.05) is 42.5 Å². The van der Waals surface area contributed by atoms with Crippen LogP contribution in [0.4, 0.5) is 0 Å². The SMILES string of the molecule is c1ccc(OCCc2ccccc2Cc2ccccc2OCC2CO2)cc1. The fraction of sp³-hybridized carbons (Fsp3) is 0.250. The normalized spacial score (nSPS) is 15.3. The molecule has 4 rings (SSSR count). The van der Waals surface area contributed by atoms with Crippen LogP contribution in [0.3, 0.4) is 0 Å². The van der Waals surface area contributed by atoms with E-state index in [0.717, 1.165) is 30.9 Å². The number of hydrogen-bond acceptors (Lipinski definition) is 3. The first-order valence-electron chi connectivity index (χ1n) is 9.45. The third-order valence-electron chi connectivity index (χ3n) is 4.68. The number of rotatable bonds is 9. The van der Waals surface area contributed by atoms with Gasteiger partial charge in [0.25, 0.3) is 0 Å².